The number of hydrogen-bond donors (Lipinski definition) is 0. The third-order valence-corrected chi connectivity index (χ3v) is 6.04. The Bertz CT molecular complexity index is 959. The molecule has 0 radical (unpaired) electrons. The Morgan fingerprint density at radius 1 is 0.967 bits per heavy atom. The predicted molar refractivity (Wildman–Crippen MR) is 107 cm³/mol. The van der Waals surface area contributed by atoms with Gasteiger partial charge in [-0.2, -0.15) is 0 Å². The lowest BCUT2D eigenvalue weighted by atomic mass is 10.0. The number of esters is 1. The van der Waals surface area contributed by atoms with E-state index in [1.165, 1.54) is 63.4 Å². The van der Waals surface area contributed by atoms with E-state index in [4.69, 9.17) is 9.47 Å². The van der Waals surface area contributed by atoms with Crippen LogP contribution in [0, 0.1) is 11.6 Å². The van der Waals surface area contributed by atoms with Crippen molar-refractivity contribution in [3.63, 3.8) is 0 Å². The Labute approximate surface area is 174 Å². The number of carbonyl (C=O) groups excluding carboxylic acids is 1. The van der Waals surface area contributed by atoms with Gasteiger partial charge in [-0.05, 0) is 50.5 Å². The lowest BCUT2D eigenvalue weighted by molar-refractivity contribution is -0.150. The van der Waals surface area contributed by atoms with E-state index < -0.39 is 33.7 Å². The first-order valence-electron chi connectivity index (χ1n) is 8.98. The number of carbonyl (C=O) groups is 1. The number of rotatable bonds is 9. The molecule has 0 aliphatic heterocycles. The van der Waals surface area contributed by atoms with Gasteiger partial charge in [0.1, 0.15) is 36.6 Å². The number of ether oxygens (including phenoxy) is 2. The maximum Gasteiger partial charge on any atom is 0.328 e. The predicted octanol–water partition coefficient (Wildman–Crippen LogP) is 2.44. The molecule has 0 amide bonds. The molecule has 1 atom stereocenters. The van der Waals surface area contributed by atoms with Crippen molar-refractivity contribution in [1.82, 2.24) is 9.21 Å². The van der Waals surface area contributed by atoms with Gasteiger partial charge in [-0.15, -0.1) is 0 Å². The maximum atomic E-state index is 14.1. The van der Waals surface area contributed by atoms with Crippen molar-refractivity contribution >= 4 is 16.0 Å². The normalized spacial score (nSPS) is 12.8. The molecule has 0 heterocycles. The summed E-state index contributed by atoms with van der Waals surface area (Å²) in [5.74, 6) is -2.11. The van der Waals surface area contributed by atoms with Crippen LogP contribution in [0.25, 0.3) is 0 Å². The largest absolute Gasteiger partial charge is 0.490 e. The van der Waals surface area contributed by atoms with Crippen LogP contribution in [-0.4, -0.2) is 65.0 Å². The van der Waals surface area contributed by atoms with Crippen LogP contribution in [0.15, 0.2) is 47.4 Å². The number of halogens is 2. The fourth-order valence-electron chi connectivity index (χ4n) is 2.66. The van der Waals surface area contributed by atoms with Gasteiger partial charge in [0, 0.05) is 14.1 Å². The van der Waals surface area contributed by atoms with Crippen LogP contribution in [0.4, 0.5) is 8.78 Å². The van der Waals surface area contributed by atoms with Gasteiger partial charge in [0.25, 0.3) is 0 Å². The van der Waals surface area contributed by atoms with Crippen LogP contribution in [-0.2, 0) is 19.6 Å². The number of sulfonamides is 1. The summed E-state index contributed by atoms with van der Waals surface area (Å²) >= 11 is 0. The van der Waals surface area contributed by atoms with Crippen molar-refractivity contribution in [2.75, 3.05) is 41.4 Å². The Morgan fingerprint density at radius 2 is 1.53 bits per heavy atom. The summed E-state index contributed by atoms with van der Waals surface area (Å²) in [4.78, 5) is 13.9. The van der Waals surface area contributed by atoms with Gasteiger partial charge in [0.2, 0.25) is 10.0 Å². The number of likely N-dealkylation sites (N-methyl/N-ethyl adjacent to an activating group) is 1. The molecule has 0 N–H and O–H groups in total. The molecule has 10 heteroatoms. The van der Waals surface area contributed by atoms with Gasteiger partial charge in [-0.3, -0.25) is 4.90 Å². The van der Waals surface area contributed by atoms with E-state index in [1.54, 1.807) is 0 Å². The smallest absolute Gasteiger partial charge is 0.328 e. The van der Waals surface area contributed by atoms with Crippen molar-refractivity contribution in [1.29, 1.82) is 0 Å². The number of benzene rings is 2. The van der Waals surface area contributed by atoms with Crippen molar-refractivity contribution in [3.05, 3.63) is 59.7 Å². The van der Waals surface area contributed by atoms with Gasteiger partial charge in [-0.1, -0.05) is 6.07 Å². The van der Waals surface area contributed by atoms with Crippen LogP contribution in [0.2, 0.25) is 0 Å². The molecule has 0 unspecified atom stereocenters. The zero-order chi connectivity index (χ0) is 22.5. The molecule has 0 aromatic heterocycles. The quantitative estimate of drug-likeness (QED) is 0.439. The van der Waals surface area contributed by atoms with Crippen LogP contribution in [0.3, 0.4) is 0 Å². The summed E-state index contributed by atoms with van der Waals surface area (Å²) in [7, 11) is 2.35. The first kappa shape index (κ1) is 23.7. The molecule has 0 bridgehead atoms. The van der Waals surface area contributed by atoms with E-state index in [-0.39, 0.29) is 23.7 Å². The summed E-state index contributed by atoms with van der Waals surface area (Å²) in [6, 6.07) is 7.89. The minimum absolute atomic E-state index is 0.0224. The number of nitrogens with zero attached hydrogens (tertiary/aromatic N) is 2. The van der Waals surface area contributed by atoms with E-state index in [9.17, 15) is 22.0 Å². The highest BCUT2D eigenvalue weighted by Gasteiger charge is 2.30. The number of hydrogen-bond acceptors (Lipinski definition) is 6. The van der Waals surface area contributed by atoms with E-state index in [1.807, 2.05) is 0 Å². The van der Waals surface area contributed by atoms with Crippen molar-refractivity contribution < 1.29 is 31.5 Å². The Hall–Kier alpha value is -2.56. The maximum absolute atomic E-state index is 14.1. The zero-order valence-electron chi connectivity index (χ0n) is 17.1. The van der Waals surface area contributed by atoms with Crippen molar-refractivity contribution in [3.8, 4) is 5.75 Å². The molecule has 2 aromatic carbocycles. The lowest BCUT2D eigenvalue weighted by Crippen LogP contribution is -2.31. The van der Waals surface area contributed by atoms with Crippen molar-refractivity contribution in [2.24, 2.45) is 0 Å². The Kier molecular flexibility index (Phi) is 7.88. The molecule has 0 aliphatic rings. The third kappa shape index (κ3) is 5.53. The molecule has 2 aromatic rings. The van der Waals surface area contributed by atoms with Gasteiger partial charge < -0.3 is 9.47 Å². The minimum atomic E-state index is -3.54. The van der Waals surface area contributed by atoms with E-state index in [0.29, 0.717) is 5.75 Å². The standard InChI is InChI=1S/C20H24F2N2O5S/c1-23(2)19(18-16(21)6-5-7-17(18)22)20(25)29-13-12-28-14-8-10-15(11-9-14)30(26,27)24(3)4/h5-11,19H,12-13H2,1-4H3/t19-/m1/s1. The molecule has 7 nitrogen and oxygen atoms in total. The fourth-order valence-corrected chi connectivity index (χ4v) is 3.56. The monoisotopic (exact) mass is 442 g/mol. The minimum Gasteiger partial charge on any atom is -0.490 e. The highest BCUT2D eigenvalue weighted by atomic mass is 32.2. The SMILES string of the molecule is CN(C)[C@@H](C(=O)OCCOc1ccc(S(=O)(=O)N(C)C)cc1)c1c(F)cccc1F. The average Bonchev–Trinajstić information content (AvgIpc) is 2.68. The van der Waals surface area contributed by atoms with Crippen LogP contribution in [0.1, 0.15) is 11.6 Å². The van der Waals surface area contributed by atoms with Crippen LogP contribution >= 0.6 is 0 Å². The Balaban J connectivity index is 1.95. The van der Waals surface area contributed by atoms with Gasteiger partial charge in [0.05, 0.1) is 10.5 Å². The first-order chi connectivity index (χ1) is 14.1. The molecule has 0 saturated heterocycles. The molecule has 2 rings (SSSR count). The summed E-state index contributed by atoms with van der Waals surface area (Å²) in [5, 5.41) is 0. The fraction of sp³-hybridized carbons (Fsp3) is 0.350. The molecule has 0 aliphatic carbocycles. The molecule has 0 saturated carbocycles. The first-order valence-corrected chi connectivity index (χ1v) is 10.4. The van der Waals surface area contributed by atoms with E-state index in [2.05, 4.69) is 0 Å². The zero-order valence-corrected chi connectivity index (χ0v) is 17.9. The van der Waals surface area contributed by atoms with Crippen LogP contribution in [0.5, 0.6) is 5.75 Å². The van der Waals surface area contributed by atoms with Gasteiger partial charge in [-0.25, -0.2) is 26.3 Å². The van der Waals surface area contributed by atoms with E-state index in [0.717, 1.165) is 16.4 Å². The second-order valence-electron chi connectivity index (χ2n) is 6.78. The van der Waals surface area contributed by atoms with Gasteiger partial charge in [0.15, 0.2) is 0 Å². The average molecular weight is 442 g/mol. The van der Waals surface area contributed by atoms with E-state index >= 15 is 0 Å². The van der Waals surface area contributed by atoms with Crippen molar-refractivity contribution in [2.45, 2.75) is 10.9 Å². The summed E-state index contributed by atoms with van der Waals surface area (Å²) in [6.45, 7) is -0.178. The molecular formula is C20H24F2N2O5S. The lowest BCUT2D eigenvalue weighted by Gasteiger charge is -2.23. The highest BCUT2D eigenvalue weighted by Crippen LogP contribution is 2.25. The van der Waals surface area contributed by atoms with Gasteiger partial charge >= 0.3 is 5.97 Å². The molecule has 164 valence electrons. The molecule has 30 heavy (non-hydrogen) atoms. The second kappa shape index (κ2) is 9.96. The summed E-state index contributed by atoms with van der Waals surface area (Å²) in [5.41, 5.74) is -0.383. The topological polar surface area (TPSA) is 76.1 Å². The van der Waals surface area contributed by atoms with Crippen LogP contribution < -0.4 is 4.74 Å². The molecule has 0 spiro atoms. The molecular weight excluding hydrogens is 418 g/mol. The Morgan fingerprint density at radius 3 is 2.03 bits per heavy atom. The molecule has 0 fully saturated rings. The summed E-state index contributed by atoms with van der Waals surface area (Å²) in [6.07, 6.45) is 0. The second-order valence-corrected chi connectivity index (χ2v) is 8.93. The summed E-state index contributed by atoms with van der Waals surface area (Å²) < 4.78 is 63.8. The highest BCUT2D eigenvalue weighted by molar-refractivity contribution is 7.89. The third-order valence-electron chi connectivity index (χ3n) is 4.21.